The van der Waals surface area contributed by atoms with Crippen molar-refractivity contribution in [2.75, 3.05) is 11.4 Å². The van der Waals surface area contributed by atoms with Crippen molar-refractivity contribution in [1.29, 1.82) is 0 Å². The fraction of sp³-hybridized carbons (Fsp3) is 0.321. The molecule has 2 unspecified atom stereocenters. The van der Waals surface area contributed by atoms with Crippen LogP contribution in [0.25, 0.3) is 5.57 Å². The number of aryl methyl sites for hydroxylation is 1. The molecular weight excluding hydrogens is 394 g/mol. The van der Waals surface area contributed by atoms with Crippen LogP contribution in [-0.4, -0.2) is 29.1 Å². The van der Waals surface area contributed by atoms with Crippen molar-refractivity contribution in [3.63, 3.8) is 0 Å². The second kappa shape index (κ2) is 8.70. The average Bonchev–Trinajstić information content (AvgIpc) is 3.34. The maximum atomic E-state index is 12.2. The van der Waals surface area contributed by atoms with Gasteiger partial charge < -0.3 is 14.8 Å². The van der Waals surface area contributed by atoms with Gasteiger partial charge in [0.15, 0.2) is 0 Å². The molecule has 0 radical (unpaired) electrons. The Bertz CT molecular complexity index is 1110. The van der Waals surface area contributed by atoms with Crippen LogP contribution in [0.1, 0.15) is 54.1 Å². The fourth-order valence-electron chi connectivity index (χ4n) is 5.54. The molecule has 1 amide bonds. The predicted octanol–water partition coefficient (Wildman–Crippen LogP) is 5.41. The van der Waals surface area contributed by atoms with Crippen LogP contribution in [0.15, 0.2) is 78.5 Å². The van der Waals surface area contributed by atoms with E-state index in [0.717, 1.165) is 12.8 Å². The summed E-state index contributed by atoms with van der Waals surface area (Å²) < 4.78 is 2.25. The van der Waals surface area contributed by atoms with Crippen molar-refractivity contribution in [2.24, 2.45) is 7.05 Å². The van der Waals surface area contributed by atoms with Gasteiger partial charge in [-0.15, -0.1) is 0 Å². The van der Waals surface area contributed by atoms with E-state index in [9.17, 15) is 4.79 Å². The molecule has 32 heavy (non-hydrogen) atoms. The van der Waals surface area contributed by atoms with Crippen LogP contribution in [0.3, 0.4) is 0 Å². The molecule has 0 spiro atoms. The Morgan fingerprint density at radius 2 is 1.50 bits per heavy atom. The van der Waals surface area contributed by atoms with Crippen LogP contribution in [0.2, 0.25) is 0 Å². The molecule has 2 aliphatic heterocycles. The van der Waals surface area contributed by atoms with E-state index in [-0.39, 0.29) is 5.91 Å². The van der Waals surface area contributed by atoms with Gasteiger partial charge in [-0.1, -0.05) is 48.0 Å². The van der Waals surface area contributed by atoms with Crippen LogP contribution < -0.4 is 10.2 Å². The zero-order valence-corrected chi connectivity index (χ0v) is 18.9. The van der Waals surface area contributed by atoms with Crippen molar-refractivity contribution >= 4 is 17.3 Å². The van der Waals surface area contributed by atoms with Crippen molar-refractivity contribution < 1.29 is 4.79 Å². The summed E-state index contributed by atoms with van der Waals surface area (Å²) in [7, 11) is 2.14. The number of nitrogens with zero attached hydrogens (tertiary/aromatic N) is 2. The van der Waals surface area contributed by atoms with E-state index in [1.54, 1.807) is 5.57 Å². The van der Waals surface area contributed by atoms with Gasteiger partial charge in [0.25, 0.3) is 5.91 Å². The predicted molar refractivity (Wildman–Crippen MR) is 131 cm³/mol. The first-order chi connectivity index (χ1) is 15.7. The molecular formula is C28H31N3O. The number of fused-ring (bicyclic) bond motifs is 2. The van der Waals surface area contributed by atoms with Crippen LogP contribution in [0, 0.1) is 0 Å². The minimum atomic E-state index is -0.0121. The van der Waals surface area contributed by atoms with Crippen LogP contribution in [0.4, 0.5) is 5.82 Å². The second-order valence-corrected chi connectivity index (χ2v) is 8.96. The number of anilines is 1. The number of carbonyl (C=O) groups is 1. The number of benzene rings is 2. The number of piperidine rings is 1. The Morgan fingerprint density at radius 3 is 2.09 bits per heavy atom. The third kappa shape index (κ3) is 3.75. The van der Waals surface area contributed by atoms with Crippen molar-refractivity contribution in [1.82, 2.24) is 9.88 Å². The molecule has 2 saturated heterocycles. The number of aromatic nitrogens is 1. The summed E-state index contributed by atoms with van der Waals surface area (Å²) in [5.41, 5.74) is 6.06. The number of rotatable bonds is 5. The number of hydrogen-bond acceptors (Lipinski definition) is 2. The lowest BCUT2D eigenvalue weighted by Crippen LogP contribution is -2.41. The highest BCUT2D eigenvalue weighted by Crippen LogP contribution is 2.44. The number of carbonyl (C=O) groups excluding carboxylic acids is 1. The first-order valence-electron chi connectivity index (χ1n) is 11.7. The van der Waals surface area contributed by atoms with E-state index in [4.69, 9.17) is 0 Å². The molecule has 2 fully saturated rings. The number of nitrogens with one attached hydrogen (secondary N) is 1. The zero-order chi connectivity index (χ0) is 22.1. The quantitative estimate of drug-likeness (QED) is 0.594. The molecule has 4 nitrogen and oxygen atoms in total. The Kier molecular flexibility index (Phi) is 5.60. The highest BCUT2D eigenvalue weighted by Gasteiger charge is 2.40. The van der Waals surface area contributed by atoms with Gasteiger partial charge >= 0.3 is 0 Å². The molecule has 0 saturated carbocycles. The maximum absolute atomic E-state index is 12.2. The van der Waals surface area contributed by atoms with E-state index in [0.29, 0.717) is 24.2 Å². The first-order valence-corrected chi connectivity index (χ1v) is 11.7. The molecule has 1 N–H and O–H groups in total. The summed E-state index contributed by atoms with van der Waals surface area (Å²) in [5, 5.41) is 2.89. The monoisotopic (exact) mass is 425 g/mol. The topological polar surface area (TPSA) is 37.3 Å². The van der Waals surface area contributed by atoms with Gasteiger partial charge in [0.2, 0.25) is 0 Å². The molecule has 164 valence electrons. The molecule has 0 aliphatic carbocycles. The van der Waals surface area contributed by atoms with E-state index in [1.807, 2.05) is 19.1 Å². The van der Waals surface area contributed by atoms with Crippen LogP contribution in [-0.2, 0) is 7.05 Å². The molecule has 1 aromatic heterocycles. The molecule has 5 rings (SSSR count). The summed E-state index contributed by atoms with van der Waals surface area (Å²) in [6.07, 6.45) is 6.81. The van der Waals surface area contributed by atoms with E-state index < -0.39 is 0 Å². The Morgan fingerprint density at radius 1 is 0.875 bits per heavy atom. The van der Waals surface area contributed by atoms with Crippen LogP contribution >= 0.6 is 0 Å². The fourth-order valence-corrected chi connectivity index (χ4v) is 5.54. The minimum absolute atomic E-state index is 0.0121. The van der Waals surface area contributed by atoms with Crippen molar-refractivity contribution in [3.05, 3.63) is 95.2 Å². The average molecular weight is 426 g/mol. The van der Waals surface area contributed by atoms with Crippen molar-refractivity contribution in [2.45, 2.75) is 44.7 Å². The SMILES string of the molecule is CCNC(=O)c1ccc(C(=C2CC3CCC(C2)N3c2cccn2C)c2ccccc2)cc1. The molecule has 2 atom stereocenters. The van der Waals surface area contributed by atoms with Gasteiger partial charge in [-0.3, -0.25) is 4.79 Å². The summed E-state index contributed by atoms with van der Waals surface area (Å²) >= 11 is 0. The normalized spacial score (nSPS) is 19.8. The Labute approximate surface area is 190 Å². The number of hydrogen-bond donors (Lipinski definition) is 1. The summed E-state index contributed by atoms with van der Waals surface area (Å²) in [6, 6.07) is 24.4. The maximum Gasteiger partial charge on any atom is 0.251 e. The Balaban J connectivity index is 1.53. The van der Waals surface area contributed by atoms with Crippen molar-refractivity contribution in [3.8, 4) is 0 Å². The Hall–Kier alpha value is -3.27. The third-order valence-corrected chi connectivity index (χ3v) is 6.95. The van der Waals surface area contributed by atoms with E-state index in [2.05, 4.69) is 82.6 Å². The first kappa shape index (κ1) is 20.6. The van der Waals surface area contributed by atoms with Gasteiger partial charge in [-0.05, 0) is 73.6 Å². The van der Waals surface area contributed by atoms with Crippen LogP contribution in [0.5, 0.6) is 0 Å². The molecule has 2 aliphatic rings. The summed E-state index contributed by atoms with van der Waals surface area (Å²) in [4.78, 5) is 14.9. The van der Waals surface area contributed by atoms with Gasteiger partial charge in [-0.25, -0.2) is 0 Å². The van der Waals surface area contributed by atoms with Gasteiger partial charge in [0, 0.05) is 37.4 Å². The van der Waals surface area contributed by atoms with E-state index in [1.165, 1.54) is 35.4 Å². The third-order valence-electron chi connectivity index (χ3n) is 6.95. The molecule has 2 bridgehead atoms. The highest BCUT2D eigenvalue weighted by molar-refractivity contribution is 5.95. The lowest BCUT2D eigenvalue weighted by atomic mass is 9.85. The van der Waals surface area contributed by atoms with Gasteiger partial charge in [-0.2, -0.15) is 0 Å². The standard InChI is InChI=1S/C28H31N3O/c1-3-29-28(32)22-13-11-21(12-14-22)27(20-8-5-4-6-9-20)23-18-24-15-16-25(19-23)31(24)26-10-7-17-30(26)2/h4-14,17,24-25H,3,15-16,18-19H2,1-2H3,(H,29,32). The lowest BCUT2D eigenvalue weighted by Gasteiger charge is -2.39. The zero-order valence-electron chi connectivity index (χ0n) is 18.9. The summed E-state index contributed by atoms with van der Waals surface area (Å²) in [5.74, 6) is 1.32. The molecule has 4 heteroatoms. The smallest absolute Gasteiger partial charge is 0.251 e. The molecule has 3 aromatic rings. The van der Waals surface area contributed by atoms with Gasteiger partial charge in [0.05, 0.1) is 0 Å². The number of amides is 1. The largest absolute Gasteiger partial charge is 0.352 e. The highest BCUT2D eigenvalue weighted by atomic mass is 16.1. The summed E-state index contributed by atoms with van der Waals surface area (Å²) in [6.45, 7) is 2.58. The van der Waals surface area contributed by atoms with E-state index >= 15 is 0 Å². The van der Waals surface area contributed by atoms with Gasteiger partial charge in [0.1, 0.15) is 5.82 Å². The molecule has 3 heterocycles. The lowest BCUT2D eigenvalue weighted by molar-refractivity contribution is 0.0956. The second-order valence-electron chi connectivity index (χ2n) is 8.96. The molecule has 2 aromatic carbocycles. The minimum Gasteiger partial charge on any atom is -0.352 e.